The minimum atomic E-state index is -0.377. The molecule has 3 rings (SSSR count). The fourth-order valence-electron chi connectivity index (χ4n) is 2.87. The molecule has 2 aromatic rings. The van der Waals surface area contributed by atoms with Crippen molar-refractivity contribution >= 4 is 5.69 Å². The fourth-order valence-corrected chi connectivity index (χ4v) is 2.87. The molecule has 1 fully saturated rings. The molecule has 1 heterocycles. The summed E-state index contributed by atoms with van der Waals surface area (Å²) in [4.78, 5) is 18.7. The van der Waals surface area contributed by atoms with Crippen LogP contribution in [0.5, 0.6) is 0 Å². The Balaban J connectivity index is 1.81. The van der Waals surface area contributed by atoms with Crippen LogP contribution in [0.4, 0.5) is 5.69 Å². The van der Waals surface area contributed by atoms with Gasteiger partial charge in [-0.25, -0.2) is 0 Å². The molecule has 1 aliphatic heterocycles. The molecule has 0 spiro atoms. The van der Waals surface area contributed by atoms with Crippen molar-refractivity contribution in [2.45, 2.75) is 25.7 Å². The quantitative estimate of drug-likeness (QED) is 0.636. The van der Waals surface area contributed by atoms with Gasteiger partial charge in [-0.15, -0.1) is 0 Å². The molecule has 24 heavy (non-hydrogen) atoms. The van der Waals surface area contributed by atoms with Crippen molar-refractivity contribution in [3.63, 3.8) is 0 Å². The first-order chi connectivity index (χ1) is 11.5. The fraction of sp³-hybridized carbons (Fsp3) is 0.333. The largest absolute Gasteiger partial charge is 0.275 e. The second-order valence-corrected chi connectivity index (χ2v) is 6.12. The number of nitro groups is 1. The van der Waals surface area contributed by atoms with E-state index in [0.29, 0.717) is 6.54 Å². The molecule has 0 unspecified atom stereocenters. The van der Waals surface area contributed by atoms with Gasteiger partial charge in [-0.05, 0) is 18.1 Å². The van der Waals surface area contributed by atoms with Gasteiger partial charge in [-0.3, -0.25) is 19.9 Å². The molecule has 0 amide bonds. The molecule has 0 aromatic heterocycles. The third kappa shape index (κ3) is 3.62. The van der Waals surface area contributed by atoms with E-state index in [1.54, 1.807) is 12.1 Å². The first-order valence-electron chi connectivity index (χ1n) is 7.96. The topological polar surface area (TPSA) is 58.9 Å². The van der Waals surface area contributed by atoms with Crippen LogP contribution < -0.4 is 0 Å². The van der Waals surface area contributed by atoms with Crippen LogP contribution in [0.2, 0.25) is 0 Å². The van der Waals surface area contributed by atoms with Crippen LogP contribution >= 0.6 is 0 Å². The van der Waals surface area contributed by atoms with Gasteiger partial charge < -0.3 is 0 Å². The highest BCUT2D eigenvalue weighted by atomic mass is 16.7. The first kappa shape index (κ1) is 16.6. The van der Waals surface area contributed by atoms with Crippen molar-refractivity contribution in [3.05, 3.63) is 75.8 Å². The summed E-state index contributed by atoms with van der Waals surface area (Å²) in [5.74, 6) is 0. The SMILES string of the molecule is C[C@H]1CN(Cc2ccc([N+](=O)[O-])cc2)[C@H](c2ccccc2)ON1C. The Hall–Kier alpha value is -2.28. The molecule has 1 saturated heterocycles. The van der Waals surface area contributed by atoms with Gasteiger partial charge in [0.2, 0.25) is 0 Å². The Morgan fingerprint density at radius 1 is 1.17 bits per heavy atom. The minimum Gasteiger partial charge on any atom is -0.275 e. The summed E-state index contributed by atoms with van der Waals surface area (Å²) in [5, 5.41) is 12.7. The Morgan fingerprint density at radius 2 is 1.83 bits per heavy atom. The number of hydroxylamine groups is 2. The summed E-state index contributed by atoms with van der Waals surface area (Å²) in [7, 11) is 1.95. The van der Waals surface area contributed by atoms with Crippen molar-refractivity contribution in [3.8, 4) is 0 Å². The van der Waals surface area contributed by atoms with Crippen LogP contribution in [0.15, 0.2) is 54.6 Å². The summed E-state index contributed by atoms with van der Waals surface area (Å²) in [6, 6.07) is 17.1. The summed E-state index contributed by atoms with van der Waals surface area (Å²) in [5.41, 5.74) is 2.24. The van der Waals surface area contributed by atoms with Crippen LogP contribution in [-0.2, 0) is 11.4 Å². The van der Waals surface area contributed by atoms with E-state index in [1.165, 1.54) is 0 Å². The van der Waals surface area contributed by atoms with Gasteiger partial charge in [-0.2, -0.15) is 5.06 Å². The van der Waals surface area contributed by atoms with E-state index in [0.717, 1.165) is 17.7 Å². The van der Waals surface area contributed by atoms with E-state index in [9.17, 15) is 10.1 Å². The van der Waals surface area contributed by atoms with Crippen LogP contribution in [0.25, 0.3) is 0 Å². The second kappa shape index (κ2) is 7.09. The molecule has 6 nitrogen and oxygen atoms in total. The second-order valence-electron chi connectivity index (χ2n) is 6.12. The van der Waals surface area contributed by atoms with Crippen LogP contribution in [0.3, 0.4) is 0 Å². The van der Waals surface area contributed by atoms with Crippen molar-refractivity contribution in [2.24, 2.45) is 0 Å². The minimum absolute atomic E-state index is 0.112. The Morgan fingerprint density at radius 3 is 2.46 bits per heavy atom. The molecule has 0 radical (unpaired) electrons. The standard InChI is InChI=1S/C18H21N3O3/c1-14-12-20(13-15-8-10-17(11-9-15)21(22)23)18(24-19(14)2)16-6-4-3-5-7-16/h3-11,14,18H,12-13H2,1-2H3/t14-,18-/m0/s1. The summed E-state index contributed by atoms with van der Waals surface area (Å²) in [6.45, 7) is 3.65. The Kier molecular flexibility index (Phi) is 4.89. The predicted octanol–water partition coefficient (Wildman–Crippen LogP) is 3.36. The average molecular weight is 327 g/mol. The summed E-state index contributed by atoms with van der Waals surface area (Å²) < 4.78 is 0. The molecule has 0 N–H and O–H groups in total. The van der Waals surface area contributed by atoms with Crippen LogP contribution in [0.1, 0.15) is 24.3 Å². The number of hydrogen-bond donors (Lipinski definition) is 0. The molecule has 2 aromatic carbocycles. The summed E-state index contributed by atoms with van der Waals surface area (Å²) >= 11 is 0. The van der Waals surface area contributed by atoms with Gasteiger partial charge in [0.1, 0.15) is 0 Å². The highest BCUT2D eigenvalue weighted by Gasteiger charge is 2.31. The lowest BCUT2D eigenvalue weighted by Crippen LogP contribution is -2.49. The highest BCUT2D eigenvalue weighted by molar-refractivity contribution is 5.33. The highest BCUT2D eigenvalue weighted by Crippen LogP contribution is 2.30. The zero-order valence-corrected chi connectivity index (χ0v) is 13.8. The van der Waals surface area contributed by atoms with E-state index in [4.69, 9.17) is 4.84 Å². The van der Waals surface area contributed by atoms with Gasteiger partial charge in [-0.1, -0.05) is 42.5 Å². The third-order valence-electron chi connectivity index (χ3n) is 4.33. The Labute approximate surface area is 141 Å². The molecule has 6 heteroatoms. The van der Waals surface area contributed by atoms with Crippen LogP contribution in [0, 0.1) is 10.1 Å². The molecule has 126 valence electrons. The maximum absolute atomic E-state index is 10.8. The van der Waals surface area contributed by atoms with Crippen molar-refractivity contribution in [1.82, 2.24) is 9.96 Å². The van der Waals surface area contributed by atoms with E-state index in [1.807, 2.05) is 42.4 Å². The molecule has 0 aliphatic carbocycles. The lowest BCUT2D eigenvalue weighted by molar-refractivity contribution is -0.384. The molecule has 0 bridgehead atoms. The maximum Gasteiger partial charge on any atom is 0.269 e. The number of likely N-dealkylation sites (N-methyl/N-ethyl adjacent to an activating group) is 1. The van der Waals surface area contributed by atoms with Gasteiger partial charge >= 0.3 is 0 Å². The molecular weight excluding hydrogens is 306 g/mol. The van der Waals surface area contributed by atoms with E-state index in [2.05, 4.69) is 24.0 Å². The van der Waals surface area contributed by atoms with E-state index < -0.39 is 0 Å². The summed E-state index contributed by atoms with van der Waals surface area (Å²) in [6.07, 6.45) is -0.164. The van der Waals surface area contributed by atoms with E-state index >= 15 is 0 Å². The molecular formula is C18H21N3O3. The van der Waals surface area contributed by atoms with Gasteiger partial charge in [0.25, 0.3) is 5.69 Å². The van der Waals surface area contributed by atoms with Gasteiger partial charge in [0.05, 0.1) is 4.92 Å². The Bertz CT molecular complexity index is 690. The number of rotatable bonds is 4. The third-order valence-corrected chi connectivity index (χ3v) is 4.33. The number of nitrogens with zero attached hydrogens (tertiary/aromatic N) is 3. The normalized spacial score (nSPS) is 22.4. The maximum atomic E-state index is 10.8. The van der Waals surface area contributed by atoms with Crippen molar-refractivity contribution < 1.29 is 9.76 Å². The van der Waals surface area contributed by atoms with Crippen molar-refractivity contribution in [2.75, 3.05) is 13.6 Å². The predicted molar refractivity (Wildman–Crippen MR) is 91.0 cm³/mol. The number of nitro benzene ring substituents is 1. The number of non-ortho nitro benzene ring substituents is 1. The smallest absolute Gasteiger partial charge is 0.269 e. The molecule has 0 saturated carbocycles. The lowest BCUT2D eigenvalue weighted by Gasteiger charge is -2.43. The lowest BCUT2D eigenvalue weighted by atomic mass is 10.1. The average Bonchev–Trinajstić information content (AvgIpc) is 2.59. The monoisotopic (exact) mass is 327 g/mol. The van der Waals surface area contributed by atoms with E-state index in [-0.39, 0.29) is 22.9 Å². The molecule has 2 atom stereocenters. The number of hydrogen-bond acceptors (Lipinski definition) is 5. The molecule has 1 aliphatic rings. The van der Waals surface area contributed by atoms with Crippen molar-refractivity contribution in [1.29, 1.82) is 0 Å². The van der Waals surface area contributed by atoms with Gasteiger partial charge in [0, 0.05) is 38.3 Å². The number of benzene rings is 2. The van der Waals surface area contributed by atoms with Crippen LogP contribution in [-0.4, -0.2) is 34.5 Å². The zero-order chi connectivity index (χ0) is 17.1. The van der Waals surface area contributed by atoms with Gasteiger partial charge in [0.15, 0.2) is 6.23 Å². The first-order valence-corrected chi connectivity index (χ1v) is 7.96. The zero-order valence-electron chi connectivity index (χ0n) is 13.8.